The highest BCUT2D eigenvalue weighted by Crippen LogP contribution is 2.23. The highest BCUT2D eigenvalue weighted by molar-refractivity contribution is 8.23. The van der Waals surface area contributed by atoms with Gasteiger partial charge in [-0.2, -0.15) is 0 Å². The highest BCUT2D eigenvalue weighted by Gasteiger charge is 2.10. The predicted molar refractivity (Wildman–Crippen MR) is 91.1 cm³/mol. The van der Waals surface area contributed by atoms with Crippen molar-refractivity contribution in [2.75, 3.05) is 28.2 Å². The van der Waals surface area contributed by atoms with Crippen LogP contribution in [0, 0.1) is 6.92 Å². The Hall–Kier alpha value is -0.440. The second-order valence-electron chi connectivity index (χ2n) is 4.15. The van der Waals surface area contributed by atoms with E-state index in [1.807, 2.05) is 51.0 Å². The van der Waals surface area contributed by atoms with Crippen LogP contribution in [-0.2, 0) is 0 Å². The molecule has 0 aliphatic heterocycles. The maximum atomic E-state index is 5.26. The summed E-state index contributed by atoms with van der Waals surface area (Å²) in [4.78, 5) is 12.6. The van der Waals surface area contributed by atoms with E-state index in [9.17, 15) is 0 Å². The first-order valence-corrected chi connectivity index (χ1v) is 7.88. The highest BCUT2D eigenvalue weighted by atomic mass is 32.2. The molecule has 1 aromatic rings. The molecule has 0 aromatic carbocycles. The fraction of sp³-hybridized carbons (Fsp3) is 0.455. The topological polar surface area (TPSA) is 32.3 Å². The number of hydrogen-bond acceptors (Lipinski definition) is 6. The van der Waals surface area contributed by atoms with Crippen molar-refractivity contribution in [2.24, 2.45) is 0 Å². The monoisotopic (exact) mass is 332 g/mol. The van der Waals surface area contributed by atoms with Gasteiger partial charge in [0, 0.05) is 33.9 Å². The van der Waals surface area contributed by atoms with Crippen molar-refractivity contribution in [2.45, 2.75) is 17.1 Å². The quantitative estimate of drug-likeness (QED) is 0.354. The van der Waals surface area contributed by atoms with E-state index in [0.717, 1.165) is 19.4 Å². The van der Waals surface area contributed by atoms with Crippen molar-refractivity contribution in [3.63, 3.8) is 0 Å². The largest absolute Gasteiger partial charge is 0.363 e. The molecule has 0 amide bonds. The average Bonchev–Trinajstić information content (AvgIpc) is 2.27. The van der Waals surface area contributed by atoms with Crippen molar-refractivity contribution < 1.29 is 0 Å². The summed E-state index contributed by atoms with van der Waals surface area (Å²) in [6.07, 6.45) is 0. The zero-order chi connectivity index (χ0) is 14.6. The van der Waals surface area contributed by atoms with Gasteiger partial charge in [0.2, 0.25) is 0 Å². The Morgan fingerprint density at radius 2 is 1.53 bits per heavy atom. The molecule has 0 aliphatic rings. The Labute approximate surface area is 133 Å². The van der Waals surface area contributed by atoms with Crippen molar-refractivity contribution in [1.82, 2.24) is 19.8 Å². The second kappa shape index (κ2) is 7.37. The smallest absolute Gasteiger partial charge is 0.195 e. The minimum atomic E-state index is 0.655. The molecule has 0 spiro atoms. The molecule has 0 saturated carbocycles. The standard InChI is InChI=1S/C11H16N4S4/c1-7-6-8(18-10(16)14(2)3)13-9(12-7)19-11(17)15(4)5/h6H,1-5H3. The summed E-state index contributed by atoms with van der Waals surface area (Å²) in [5, 5.41) is 1.50. The van der Waals surface area contributed by atoms with Crippen LogP contribution in [0.5, 0.6) is 0 Å². The van der Waals surface area contributed by atoms with Crippen LogP contribution >= 0.6 is 48.0 Å². The number of hydrogen-bond donors (Lipinski definition) is 0. The maximum absolute atomic E-state index is 5.26. The maximum Gasteiger partial charge on any atom is 0.195 e. The minimum absolute atomic E-state index is 0.655. The lowest BCUT2D eigenvalue weighted by molar-refractivity contribution is 0.647. The van der Waals surface area contributed by atoms with E-state index in [0.29, 0.717) is 5.16 Å². The Morgan fingerprint density at radius 3 is 2.05 bits per heavy atom. The molecule has 1 heterocycles. The third-order valence-corrected chi connectivity index (χ3v) is 5.00. The molecule has 104 valence electrons. The summed E-state index contributed by atoms with van der Waals surface area (Å²) in [5.74, 6) is 0. The average molecular weight is 333 g/mol. The molecule has 19 heavy (non-hydrogen) atoms. The van der Waals surface area contributed by atoms with Gasteiger partial charge in [-0.25, -0.2) is 9.97 Å². The van der Waals surface area contributed by atoms with Crippen molar-refractivity contribution in [3.05, 3.63) is 11.8 Å². The third kappa shape index (κ3) is 5.60. The zero-order valence-electron chi connectivity index (χ0n) is 11.5. The van der Waals surface area contributed by atoms with Gasteiger partial charge in [-0.1, -0.05) is 24.4 Å². The molecule has 0 N–H and O–H groups in total. The SMILES string of the molecule is Cc1cc(SC(=S)N(C)C)nc(SC(=S)N(C)C)n1. The molecule has 0 bridgehead atoms. The Morgan fingerprint density at radius 1 is 1.00 bits per heavy atom. The molecule has 4 nitrogen and oxygen atoms in total. The lowest BCUT2D eigenvalue weighted by atomic mass is 10.5. The van der Waals surface area contributed by atoms with Crippen LogP contribution in [0.4, 0.5) is 0 Å². The summed E-state index contributed by atoms with van der Waals surface area (Å²) in [6.45, 7) is 1.94. The van der Waals surface area contributed by atoms with Gasteiger partial charge in [-0.05, 0) is 36.5 Å². The first-order chi connectivity index (χ1) is 8.79. The van der Waals surface area contributed by atoms with E-state index in [4.69, 9.17) is 24.4 Å². The number of thioether (sulfide) groups is 2. The summed E-state index contributed by atoms with van der Waals surface area (Å²) < 4.78 is 1.50. The Kier molecular flexibility index (Phi) is 6.45. The second-order valence-corrected chi connectivity index (χ2v) is 7.41. The summed E-state index contributed by atoms with van der Waals surface area (Å²) >= 11 is 13.3. The summed E-state index contributed by atoms with van der Waals surface area (Å²) in [6, 6.07) is 1.92. The molecule has 0 aliphatic carbocycles. The van der Waals surface area contributed by atoms with Crippen LogP contribution in [0.3, 0.4) is 0 Å². The number of aryl methyl sites for hydroxylation is 1. The lowest BCUT2D eigenvalue weighted by Gasteiger charge is -2.14. The van der Waals surface area contributed by atoms with Crippen LogP contribution in [0.1, 0.15) is 5.69 Å². The molecule has 0 unspecified atom stereocenters. The summed E-state index contributed by atoms with van der Waals surface area (Å²) in [5.41, 5.74) is 0.906. The van der Waals surface area contributed by atoms with Gasteiger partial charge in [0.1, 0.15) is 13.7 Å². The van der Waals surface area contributed by atoms with Crippen LogP contribution in [0.25, 0.3) is 0 Å². The number of rotatable bonds is 2. The van der Waals surface area contributed by atoms with Crippen LogP contribution in [0.15, 0.2) is 16.2 Å². The molecule has 1 aromatic heterocycles. The minimum Gasteiger partial charge on any atom is -0.363 e. The van der Waals surface area contributed by atoms with Crippen LogP contribution in [0.2, 0.25) is 0 Å². The van der Waals surface area contributed by atoms with E-state index >= 15 is 0 Å². The third-order valence-electron chi connectivity index (χ3n) is 1.91. The van der Waals surface area contributed by atoms with Gasteiger partial charge in [0.25, 0.3) is 0 Å². The molecular formula is C11H16N4S4. The molecule has 8 heteroatoms. The first kappa shape index (κ1) is 16.6. The fourth-order valence-corrected chi connectivity index (χ4v) is 2.89. The van der Waals surface area contributed by atoms with Crippen molar-refractivity contribution >= 4 is 56.6 Å². The van der Waals surface area contributed by atoms with Gasteiger partial charge >= 0.3 is 0 Å². The molecule has 0 atom stereocenters. The number of nitrogens with zero attached hydrogens (tertiary/aromatic N) is 4. The fourth-order valence-electron chi connectivity index (χ4n) is 0.961. The van der Waals surface area contributed by atoms with E-state index in [1.54, 1.807) is 0 Å². The van der Waals surface area contributed by atoms with Gasteiger partial charge < -0.3 is 9.80 Å². The van der Waals surface area contributed by atoms with Gasteiger partial charge in [0.15, 0.2) is 5.16 Å². The molecule has 1 rings (SSSR count). The number of aromatic nitrogens is 2. The molecule has 0 radical (unpaired) electrons. The summed E-state index contributed by atoms with van der Waals surface area (Å²) in [7, 11) is 7.64. The van der Waals surface area contributed by atoms with Crippen molar-refractivity contribution in [1.29, 1.82) is 0 Å². The van der Waals surface area contributed by atoms with E-state index in [1.165, 1.54) is 23.5 Å². The first-order valence-electron chi connectivity index (χ1n) is 5.43. The van der Waals surface area contributed by atoms with Gasteiger partial charge in [0.05, 0.1) is 0 Å². The molecule has 0 fully saturated rings. The van der Waals surface area contributed by atoms with E-state index in [2.05, 4.69) is 9.97 Å². The Bertz CT molecular complexity index is 447. The van der Waals surface area contributed by atoms with Crippen molar-refractivity contribution in [3.8, 4) is 0 Å². The Balaban J connectivity index is 2.88. The zero-order valence-corrected chi connectivity index (χ0v) is 14.8. The van der Waals surface area contributed by atoms with Crippen LogP contribution < -0.4 is 0 Å². The molecular weight excluding hydrogens is 316 g/mol. The van der Waals surface area contributed by atoms with E-state index in [-0.39, 0.29) is 0 Å². The lowest BCUT2D eigenvalue weighted by Crippen LogP contribution is -2.17. The predicted octanol–water partition coefficient (Wildman–Crippen LogP) is 2.66. The normalized spacial score (nSPS) is 10.2. The van der Waals surface area contributed by atoms with E-state index < -0.39 is 0 Å². The van der Waals surface area contributed by atoms with Gasteiger partial charge in [-0.15, -0.1) is 0 Å². The van der Waals surface area contributed by atoms with Gasteiger partial charge in [-0.3, -0.25) is 0 Å². The molecule has 0 saturated heterocycles. The van der Waals surface area contributed by atoms with Crippen LogP contribution in [-0.4, -0.2) is 56.6 Å². The number of thiocarbonyl (C=S) groups is 2.